The van der Waals surface area contributed by atoms with Crippen LogP contribution in [0.15, 0.2) is 35.0 Å². The van der Waals surface area contributed by atoms with Gasteiger partial charge in [-0.3, -0.25) is 0 Å². The molecule has 0 aliphatic rings. The van der Waals surface area contributed by atoms with Gasteiger partial charge in [0.15, 0.2) is 0 Å². The summed E-state index contributed by atoms with van der Waals surface area (Å²) in [4.78, 5) is 0. The van der Waals surface area contributed by atoms with Crippen LogP contribution in [-0.4, -0.2) is 19.2 Å². The van der Waals surface area contributed by atoms with E-state index in [0.717, 1.165) is 31.6 Å². The van der Waals surface area contributed by atoms with Crippen molar-refractivity contribution in [2.45, 2.75) is 0 Å². The SMILES string of the molecule is c1cc2c(cc(-c3cc4sccc4c4snnc34)c3nnsc32)s1. The third-order valence-corrected chi connectivity index (χ3v) is 7.45. The lowest BCUT2D eigenvalue weighted by atomic mass is 10.0. The highest BCUT2D eigenvalue weighted by atomic mass is 32.1. The molecular formula is C16H6N4S4. The van der Waals surface area contributed by atoms with Gasteiger partial charge in [0.25, 0.3) is 0 Å². The van der Waals surface area contributed by atoms with Crippen LogP contribution in [0.2, 0.25) is 0 Å². The fourth-order valence-electron chi connectivity index (χ4n) is 3.14. The number of fused-ring (bicyclic) bond motifs is 6. The molecule has 0 radical (unpaired) electrons. The Morgan fingerprint density at radius 2 is 1.17 bits per heavy atom. The zero-order chi connectivity index (χ0) is 15.7. The van der Waals surface area contributed by atoms with Crippen molar-refractivity contribution >= 4 is 86.3 Å². The van der Waals surface area contributed by atoms with Crippen molar-refractivity contribution in [1.82, 2.24) is 19.2 Å². The lowest BCUT2D eigenvalue weighted by Gasteiger charge is -2.05. The maximum atomic E-state index is 4.42. The zero-order valence-electron chi connectivity index (χ0n) is 11.9. The summed E-state index contributed by atoms with van der Waals surface area (Å²) in [5.74, 6) is 0. The first-order valence-corrected chi connectivity index (χ1v) is 10.5. The van der Waals surface area contributed by atoms with E-state index in [1.54, 1.807) is 22.7 Å². The number of rotatable bonds is 1. The molecule has 0 aliphatic carbocycles. The molecule has 4 heterocycles. The minimum Gasteiger partial charge on any atom is -0.144 e. The molecule has 4 aromatic heterocycles. The van der Waals surface area contributed by atoms with Gasteiger partial charge in [-0.15, -0.1) is 32.9 Å². The Bertz CT molecular complexity index is 1260. The highest BCUT2D eigenvalue weighted by molar-refractivity contribution is 7.20. The molecule has 6 rings (SSSR count). The van der Waals surface area contributed by atoms with E-state index in [2.05, 4.69) is 54.2 Å². The van der Waals surface area contributed by atoms with Crippen LogP contribution in [0.1, 0.15) is 0 Å². The summed E-state index contributed by atoms with van der Waals surface area (Å²) < 4.78 is 13.2. The average Bonchev–Trinajstić information content (AvgIpc) is 3.38. The summed E-state index contributed by atoms with van der Waals surface area (Å²) in [6.45, 7) is 0. The predicted molar refractivity (Wildman–Crippen MR) is 105 cm³/mol. The number of benzene rings is 2. The minimum absolute atomic E-state index is 0.955. The number of nitrogens with zero attached hydrogens (tertiary/aromatic N) is 4. The van der Waals surface area contributed by atoms with Gasteiger partial charge in [-0.1, -0.05) is 8.98 Å². The molecule has 0 amide bonds. The molecule has 0 saturated heterocycles. The number of aromatic nitrogens is 4. The van der Waals surface area contributed by atoms with Crippen LogP contribution in [0.4, 0.5) is 0 Å². The van der Waals surface area contributed by atoms with Gasteiger partial charge >= 0.3 is 0 Å². The van der Waals surface area contributed by atoms with Crippen molar-refractivity contribution < 1.29 is 0 Å². The number of hydrogen-bond acceptors (Lipinski definition) is 8. The van der Waals surface area contributed by atoms with E-state index in [1.807, 2.05) is 0 Å². The molecule has 0 atom stereocenters. The molecule has 0 spiro atoms. The third kappa shape index (κ3) is 1.66. The Morgan fingerprint density at radius 3 is 1.67 bits per heavy atom. The van der Waals surface area contributed by atoms with Gasteiger partial charge in [-0.25, -0.2) is 0 Å². The minimum atomic E-state index is 0.955. The van der Waals surface area contributed by atoms with Crippen molar-refractivity contribution in [1.29, 1.82) is 0 Å². The van der Waals surface area contributed by atoms with Crippen molar-refractivity contribution in [2.24, 2.45) is 0 Å². The number of thiophene rings is 2. The van der Waals surface area contributed by atoms with Gasteiger partial charge in [0.2, 0.25) is 0 Å². The first-order chi connectivity index (χ1) is 11.9. The molecule has 0 bridgehead atoms. The van der Waals surface area contributed by atoms with Crippen molar-refractivity contribution in [3.8, 4) is 11.1 Å². The quantitative estimate of drug-likeness (QED) is 0.361. The molecule has 0 saturated carbocycles. The topological polar surface area (TPSA) is 51.6 Å². The van der Waals surface area contributed by atoms with Gasteiger partial charge < -0.3 is 0 Å². The molecule has 8 heteroatoms. The predicted octanol–water partition coefficient (Wildman–Crippen LogP) is 5.79. The summed E-state index contributed by atoms with van der Waals surface area (Å²) in [6.07, 6.45) is 0. The van der Waals surface area contributed by atoms with Gasteiger partial charge in [0, 0.05) is 31.3 Å². The Kier molecular flexibility index (Phi) is 2.64. The third-order valence-electron chi connectivity index (χ3n) is 4.21. The van der Waals surface area contributed by atoms with Crippen LogP contribution in [0, 0.1) is 0 Å². The zero-order valence-corrected chi connectivity index (χ0v) is 15.2. The summed E-state index contributed by atoms with van der Waals surface area (Å²) >= 11 is 6.41. The largest absolute Gasteiger partial charge is 0.144 e. The first kappa shape index (κ1) is 13.3. The highest BCUT2D eigenvalue weighted by Gasteiger charge is 2.18. The van der Waals surface area contributed by atoms with Gasteiger partial charge in [-0.05, 0) is 58.1 Å². The van der Waals surface area contributed by atoms with Crippen molar-refractivity contribution in [2.75, 3.05) is 0 Å². The van der Waals surface area contributed by atoms with E-state index >= 15 is 0 Å². The Labute approximate surface area is 151 Å². The van der Waals surface area contributed by atoms with Crippen LogP contribution in [0.3, 0.4) is 0 Å². The summed E-state index contributed by atoms with van der Waals surface area (Å²) in [5, 5.41) is 15.5. The van der Waals surface area contributed by atoms with E-state index in [4.69, 9.17) is 0 Å². The fourth-order valence-corrected chi connectivity index (χ4v) is 6.37. The molecule has 6 aromatic rings. The van der Waals surface area contributed by atoms with E-state index in [0.29, 0.717) is 0 Å². The summed E-state index contributed by atoms with van der Waals surface area (Å²) in [5.41, 5.74) is 4.11. The molecule has 24 heavy (non-hydrogen) atoms. The van der Waals surface area contributed by atoms with E-state index in [1.165, 1.54) is 43.2 Å². The maximum Gasteiger partial charge on any atom is 0.114 e. The second-order valence-electron chi connectivity index (χ2n) is 5.41. The monoisotopic (exact) mass is 382 g/mol. The van der Waals surface area contributed by atoms with Gasteiger partial charge in [0.1, 0.15) is 11.0 Å². The van der Waals surface area contributed by atoms with E-state index in [9.17, 15) is 0 Å². The van der Waals surface area contributed by atoms with Gasteiger partial charge in [-0.2, -0.15) is 0 Å². The van der Waals surface area contributed by atoms with E-state index < -0.39 is 0 Å². The lowest BCUT2D eigenvalue weighted by Crippen LogP contribution is -1.84. The molecule has 0 N–H and O–H groups in total. The average molecular weight is 383 g/mol. The van der Waals surface area contributed by atoms with Crippen LogP contribution < -0.4 is 0 Å². The lowest BCUT2D eigenvalue weighted by molar-refractivity contribution is 1.19. The molecule has 4 nitrogen and oxygen atoms in total. The Balaban J connectivity index is 1.84. The second-order valence-corrected chi connectivity index (χ2v) is 8.82. The fraction of sp³-hybridized carbons (Fsp3) is 0. The smallest absolute Gasteiger partial charge is 0.114 e. The van der Waals surface area contributed by atoms with Crippen molar-refractivity contribution in [3.05, 3.63) is 35.0 Å². The molecule has 114 valence electrons. The molecular weight excluding hydrogens is 376 g/mol. The molecule has 0 unspecified atom stereocenters. The molecule has 0 aliphatic heterocycles. The van der Waals surface area contributed by atoms with Crippen LogP contribution in [-0.2, 0) is 0 Å². The first-order valence-electron chi connectivity index (χ1n) is 7.15. The maximum absolute atomic E-state index is 4.42. The van der Waals surface area contributed by atoms with Gasteiger partial charge in [0.05, 0.1) is 9.40 Å². The highest BCUT2D eigenvalue weighted by Crippen LogP contribution is 2.42. The second kappa shape index (κ2) is 4.76. The van der Waals surface area contributed by atoms with Crippen LogP contribution in [0.25, 0.3) is 51.7 Å². The van der Waals surface area contributed by atoms with Crippen LogP contribution >= 0.6 is 45.7 Å². The van der Waals surface area contributed by atoms with Crippen molar-refractivity contribution in [3.63, 3.8) is 0 Å². The summed E-state index contributed by atoms with van der Waals surface area (Å²) in [6, 6.07) is 8.73. The molecule has 2 aromatic carbocycles. The standard InChI is InChI=1S/C16H6N4S4/c1-3-21-11-5-9(13-15(7(1)11)23-19-17-13)10-6-12-8(2-4-22-12)16-14(10)18-20-24-16/h1-6H. The van der Waals surface area contributed by atoms with E-state index in [-0.39, 0.29) is 0 Å². The Morgan fingerprint density at radius 1 is 0.667 bits per heavy atom. The Hall–Kier alpha value is -2.00. The van der Waals surface area contributed by atoms with Crippen LogP contribution in [0.5, 0.6) is 0 Å². The number of hydrogen-bond donors (Lipinski definition) is 0. The normalized spacial score (nSPS) is 12.2. The molecule has 0 fully saturated rings. The summed E-state index contributed by atoms with van der Waals surface area (Å²) in [7, 11) is 0.